The number of carbonyl (C=O) groups is 3. The van der Waals surface area contributed by atoms with Gasteiger partial charge in [-0.2, -0.15) is 0 Å². The predicted octanol–water partition coefficient (Wildman–Crippen LogP) is 2.63. The Morgan fingerprint density at radius 1 is 1.00 bits per heavy atom. The zero-order valence-corrected chi connectivity index (χ0v) is 18.1. The molecule has 2 amide bonds. The second-order valence-electron chi connectivity index (χ2n) is 6.36. The average molecular weight is 443 g/mol. The Labute approximate surface area is 174 Å². The van der Waals surface area contributed by atoms with Crippen LogP contribution >= 0.6 is 7.60 Å². The molecule has 0 aromatic heterocycles. The van der Waals surface area contributed by atoms with Gasteiger partial charge < -0.3 is 18.5 Å². The molecule has 0 radical (unpaired) electrons. The highest BCUT2D eigenvalue weighted by Crippen LogP contribution is 2.47. The number of ether oxygens (including phenoxy) is 2. The number of fused-ring (bicyclic) bond motifs is 1. The fourth-order valence-corrected chi connectivity index (χ4v) is 4.02. The molecule has 10 nitrogen and oxygen atoms in total. The molecule has 0 saturated carbocycles. The summed E-state index contributed by atoms with van der Waals surface area (Å²) in [5.41, 5.74) is 0.509. The highest BCUT2D eigenvalue weighted by atomic mass is 31.2. The molecule has 0 bridgehead atoms. The summed E-state index contributed by atoms with van der Waals surface area (Å²) in [5.74, 6) is -2.18. The van der Waals surface area contributed by atoms with Crippen LogP contribution in [0, 0.1) is 5.92 Å². The molecule has 11 heteroatoms. The lowest BCUT2D eigenvalue weighted by Crippen LogP contribution is -2.34. The van der Waals surface area contributed by atoms with Crippen molar-refractivity contribution in [3.63, 3.8) is 0 Å². The minimum atomic E-state index is -3.40. The molecule has 1 aromatic rings. The molecule has 0 aliphatic carbocycles. The molecule has 166 valence electrons. The summed E-state index contributed by atoms with van der Waals surface area (Å²) in [5, 5.41) is 0.677. The van der Waals surface area contributed by atoms with Crippen LogP contribution in [0.5, 0.6) is 0 Å². The minimum Gasteiger partial charge on any atom is -0.465 e. The third kappa shape index (κ3) is 6.45. The number of hydroxylamine groups is 2. The Bertz CT molecular complexity index is 768. The van der Waals surface area contributed by atoms with Crippen LogP contribution in [0.4, 0.5) is 0 Å². The van der Waals surface area contributed by atoms with Crippen LogP contribution in [0.2, 0.25) is 0 Å². The number of amides is 2. The topological polar surface area (TPSA) is 118 Å². The first kappa shape index (κ1) is 24.2. The van der Waals surface area contributed by atoms with Gasteiger partial charge in [0.05, 0.1) is 44.2 Å². The summed E-state index contributed by atoms with van der Waals surface area (Å²) in [6.45, 7) is 4.76. The van der Waals surface area contributed by atoms with Gasteiger partial charge in [-0.25, -0.2) is 0 Å². The maximum absolute atomic E-state index is 12.5. The molecule has 1 aliphatic heterocycles. The van der Waals surface area contributed by atoms with E-state index in [1.54, 1.807) is 26.0 Å². The van der Waals surface area contributed by atoms with Crippen LogP contribution in [-0.4, -0.2) is 62.2 Å². The van der Waals surface area contributed by atoms with Crippen molar-refractivity contribution < 1.29 is 42.3 Å². The maximum atomic E-state index is 12.5. The van der Waals surface area contributed by atoms with Crippen molar-refractivity contribution in [2.24, 2.45) is 5.92 Å². The summed E-state index contributed by atoms with van der Waals surface area (Å²) in [6.07, 6.45) is -0.293. The van der Waals surface area contributed by atoms with E-state index < -0.39 is 31.3 Å². The van der Waals surface area contributed by atoms with Crippen LogP contribution < -0.4 is 0 Å². The third-order valence-corrected chi connectivity index (χ3v) is 5.77. The molecular formula is C19H26NO9P. The van der Waals surface area contributed by atoms with Gasteiger partial charge in [0.2, 0.25) is 0 Å². The van der Waals surface area contributed by atoms with E-state index in [4.69, 9.17) is 23.4 Å². The number of carbonyl (C=O) groups excluding carboxylic acids is 3. The fourth-order valence-electron chi connectivity index (χ4n) is 2.68. The first-order valence-electron chi connectivity index (χ1n) is 9.51. The van der Waals surface area contributed by atoms with E-state index in [-0.39, 0.29) is 50.5 Å². The van der Waals surface area contributed by atoms with Crippen molar-refractivity contribution in [1.29, 1.82) is 0 Å². The molecule has 0 fully saturated rings. The molecule has 1 atom stereocenters. The molecule has 0 spiro atoms. The number of nitrogens with zero attached hydrogens (tertiary/aromatic N) is 1. The van der Waals surface area contributed by atoms with Crippen molar-refractivity contribution in [3.05, 3.63) is 35.4 Å². The Balaban J connectivity index is 1.95. The van der Waals surface area contributed by atoms with Gasteiger partial charge in [-0.15, -0.1) is 5.06 Å². The number of hydrogen-bond acceptors (Lipinski definition) is 9. The number of rotatable bonds is 13. The average Bonchev–Trinajstić information content (AvgIpc) is 2.94. The Kier molecular flexibility index (Phi) is 9.13. The van der Waals surface area contributed by atoms with Gasteiger partial charge >= 0.3 is 13.6 Å². The lowest BCUT2D eigenvalue weighted by molar-refractivity contribution is -0.148. The SMILES string of the molecule is CCOP(=O)(COCC(COC(C)=O)CON1C(=O)c2ccccc2C1=O)OCC. The summed E-state index contributed by atoms with van der Waals surface area (Å²) >= 11 is 0. The normalized spacial score (nSPS) is 14.7. The lowest BCUT2D eigenvalue weighted by Gasteiger charge is -2.21. The molecule has 1 aromatic carbocycles. The number of esters is 1. The zero-order valence-electron chi connectivity index (χ0n) is 17.2. The van der Waals surface area contributed by atoms with E-state index >= 15 is 0 Å². The van der Waals surface area contributed by atoms with E-state index in [1.807, 2.05) is 0 Å². The van der Waals surface area contributed by atoms with E-state index in [9.17, 15) is 18.9 Å². The molecule has 1 aliphatic rings. The first-order valence-corrected chi connectivity index (χ1v) is 11.2. The Hall–Kier alpha value is -2.10. The molecule has 2 rings (SSSR count). The van der Waals surface area contributed by atoms with Gasteiger partial charge in [-0.05, 0) is 26.0 Å². The number of hydrogen-bond donors (Lipinski definition) is 0. The molecule has 1 heterocycles. The lowest BCUT2D eigenvalue weighted by atomic mass is 10.1. The number of imide groups is 1. The van der Waals surface area contributed by atoms with Crippen molar-refractivity contribution >= 4 is 25.4 Å². The van der Waals surface area contributed by atoms with Crippen LogP contribution in [0.3, 0.4) is 0 Å². The van der Waals surface area contributed by atoms with Gasteiger partial charge in [0.25, 0.3) is 11.8 Å². The molecule has 1 unspecified atom stereocenters. The highest BCUT2D eigenvalue weighted by Gasteiger charge is 2.37. The van der Waals surface area contributed by atoms with Crippen molar-refractivity contribution in [3.8, 4) is 0 Å². The number of benzene rings is 1. The summed E-state index contributed by atoms with van der Waals surface area (Å²) in [4.78, 5) is 41.3. The smallest absolute Gasteiger partial charge is 0.356 e. The molecule has 0 N–H and O–H groups in total. The standard InChI is InChI=1S/C19H26NO9P/c1-4-28-30(24,29-5-2)13-25-10-15(11-26-14(3)21)12-27-20-18(22)16-8-6-7-9-17(16)19(20)23/h6-9,15H,4-5,10-13H2,1-3H3. The van der Waals surface area contributed by atoms with E-state index in [0.29, 0.717) is 5.06 Å². The van der Waals surface area contributed by atoms with E-state index in [0.717, 1.165) is 0 Å². The van der Waals surface area contributed by atoms with Crippen LogP contribution in [0.15, 0.2) is 24.3 Å². The molecular weight excluding hydrogens is 417 g/mol. The molecule has 30 heavy (non-hydrogen) atoms. The van der Waals surface area contributed by atoms with Crippen LogP contribution in [0.25, 0.3) is 0 Å². The maximum Gasteiger partial charge on any atom is 0.356 e. The minimum absolute atomic E-state index is 0.0272. The van der Waals surface area contributed by atoms with Gasteiger partial charge in [0, 0.05) is 12.8 Å². The fraction of sp³-hybridized carbons (Fsp3) is 0.526. The summed E-state index contributed by atoms with van der Waals surface area (Å²) in [6, 6.07) is 6.38. The van der Waals surface area contributed by atoms with Gasteiger partial charge in [-0.1, -0.05) is 12.1 Å². The highest BCUT2D eigenvalue weighted by molar-refractivity contribution is 7.53. The Morgan fingerprint density at radius 3 is 2.07 bits per heavy atom. The van der Waals surface area contributed by atoms with Gasteiger partial charge in [-0.3, -0.25) is 23.8 Å². The van der Waals surface area contributed by atoms with Crippen molar-refractivity contribution in [1.82, 2.24) is 5.06 Å². The van der Waals surface area contributed by atoms with E-state index in [2.05, 4.69) is 0 Å². The van der Waals surface area contributed by atoms with Crippen molar-refractivity contribution in [2.45, 2.75) is 20.8 Å². The Morgan fingerprint density at radius 2 is 1.57 bits per heavy atom. The van der Waals surface area contributed by atoms with E-state index in [1.165, 1.54) is 19.1 Å². The third-order valence-electron chi connectivity index (χ3n) is 3.97. The van der Waals surface area contributed by atoms with Crippen LogP contribution in [0.1, 0.15) is 41.5 Å². The van der Waals surface area contributed by atoms with Gasteiger partial charge in [0.15, 0.2) is 0 Å². The second-order valence-corrected chi connectivity index (χ2v) is 8.36. The predicted molar refractivity (Wildman–Crippen MR) is 105 cm³/mol. The summed E-state index contributed by atoms with van der Waals surface area (Å²) in [7, 11) is -3.40. The van der Waals surface area contributed by atoms with Gasteiger partial charge in [0.1, 0.15) is 6.35 Å². The largest absolute Gasteiger partial charge is 0.465 e. The first-order chi connectivity index (χ1) is 14.3. The zero-order chi connectivity index (χ0) is 22.1. The van der Waals surface area contributed by atoms with Crippen LogP contribution in [-0.2, 0) is 32.7 Å². The molecule has 0 saturated heterocycles. The van der Waals surface area contributed by atoms with Crippen molar-refractivity contribution in [2.75, 3.05) is 39.4 Å². The quantitative estimate of drug-likeness (QED) is 0.258. The summed E-state index contributed by atoms with van der Waals surface area (Å²) < 4.78 is 33.2. The second kappa shape index (κ2) is 11.3. The monoisotopic (exact) mass is 443 g/mol.